The Hall–Kier alpha value is -3.13. The summed E-state index contributed by atoms with van der Waals surface area (Å²) in [6.45, 7) is 2.22. The number of nitrogens with one attached hydrogen (secondary N) is 1. The molecule has 2 aromatic carbocycles. The van der Waals surface area contributed by atoms with Gasteiger partial charge in [-0.2, -0.15) is 8.78 Å². The normalized spacial score (nSPS) is 14.2. The van der Waals surface area contributed by atoms with Crippen LogP contribution in [-0.4, -0.2) is 45.4 Å². The molecule has 160 valence electrons. The van der Waals surface area contributed by atoms with E-state index in [0.29, 0.717) is 31.1 Å². The minimum absolute atomic E-state index is 0.0474. The van der Waals surface area contributed by atoms with Gasteiger partial charge in [-0.15, -0.1) is 0 Å². The second-order valence-electron chi connectivity index (χ2n) is 6.49. The molecule has 0 bridgehead atoms. The highest BCUT2D eigenvalue weighted by molar-refractivity contribution is 6.02. The molecule has 1 heterocycles. The fourth-order valence-electron chi connectivity index (χ4n) is 3.02. The highest BCUT2D eigenvalue weighted by atomic mass is 19.3. The lowest BCUT2D eigenvalue weighted by Crippen LogP contribution is -2.36. The van der Waals surface area contributed by atoms with Crippen molar-refractivity contribution in [3.63, 3.8) is 0 Å². The summed E-state index contributed by atoms with van der Waals surface area (Å²) in [6, 6.07) is 12.1. The van der Waals surface area contributed by atoms with Crippen LogP contribution in [0.2, 0.25) is 0 Å². The van der Waals surface area contributed by atoms with Crippen LogP contribution in [0, 0.1) is 0 Å². The molecule has 1 N–H and O–H groups in total. The number of carbonyl (C=O) groups is 1. The van der Waals surface area contributed by atoms with E-state index >= 15 is 0 Å². The first-order valence-corrected chi connectivity index (χ1v) is 9.68. The molecule has 1 aliphatic heterocycles. The number of anilines is 2. The average Bonchev–Trinajstić information content (AvgIpc) is 2.75. The van der Waals surface area contributed by atoms with Gasteiger partial charge in [-0.1, -0.05) is 6.07 Å². The molecule has 30 heavy (non-hydrogen) atoms. The summed E-state index contributed by atoms with van der Waals surface area (Å²) < 4.78 is 40.1. The number of ether oxygens (including phenoxy) is 3. The molecular formula is C22H24F2N2O4. The Morgan fingerprint density at radius 3 is 2.57 bits per heavy atom. The predicted molar refractivity (Wildman–Crippen MR) is 111 cm³/mol. The van der Waals surface area contributed by atoms with Crippen molar-refractivity contribution in [1.82, 2.24) is 0 Å². The van der Waals surface area contributed by atoms with Crippen molar-refractivity contribution in [2.24, 2.45) is 0 Å². The third kappa shape index (κ3) is 6.18. The summed E-state index contributed by atoms with van der Waals surface area (Å²) in [5.74, 6) is -0.159. The van der Waals surface area contributed by atoms with E-state index in [0.717, 1.165) is 18.8 Å². The molecule has 8 heteroatoms. The molecule has 2 aromatic rings. The molecule has 0 saturated carbocycles. The molecular weight excluding hydrogens is 394 g/mol. The number of morpholine rings is 1. The Bertz CT molecular complexity index is 866. The summed E-state index contributed by atoms with van der Waals surface area (Å²) in [6.07, 6.45) is 2.95. The van der Waals surface area contributed by atoms with Gasteiger partial charge in [0.1, 0.15) is 0 Å². The van der Waals surface area contributed by atoms with Crippen LogP contribution in [0.3, 0.4) is 0 Å². The molecule has 6 nitrogen and oxygen atoms in total. The van der Waals surface area contributed by atoms with Crippen LogP contribution in [-0.2, 0) is 9.53 Å². The lowest BCUT2D eigenvalue weighted by Gasteiger charge is -2.28. The van der Waals surface area contributed by atoms with Gasteiger partial charge in [0.2, 0.25) is 5.91 Å². The van der Waals surface area contributed by atoms with Gasteiger partial charge in [0.25, 0.3) is 0 Å². The van der Waals surface area contributed by atoms with Gasteiger partial charge >= 0.3 is 6.61 Å². The fraction of sp³-hybridized carbons (Fsp3) is 0.318. The molecule has 0 aliphatic carbocycles. The van der Waals surface area contributed by atoms with Crippen molar-refractivity contribution in [2.45, 2.75) is 13.5 Å². The molecule has 0 atom stereocenters. The van der Waals surface area contributed by atoms with Crippen molar-refractivity contribution in [3.8, 4) is 11.5 Å². The van der Waals surface area contributed by atoms with E-state index in [4.69, 9.17) is 9.47 Å². The summed E-state index contributed by atoms with van der Waals surface area (Å²) in [7, 11) is 0. The lowest BCUT2D eigenvalue weighted by atomic mass is 10.2. The van der Waals surface area contributed by atoms with Crippen LogP contribution < -0.4 is 19.7 Å². The quantitative estimate of drug-likeness (QED) is 0.652. The highest BCUT2D eigenvalue weighted by Crippen LogP contribution is 2.30. The zero-order valence-corrected chi connectivity index (χ0v) is 16.6. The van der Waals surface area contributed by atoms with E-state index in [1.54, 1.807) is 25.1 Å². The van der Waals surface area contributed by atoms with Crippen molar-refractivity contribution in [1.29, 1.82) is 0 Å². The monoisotopic (exact) mass is 418 g/mol. The maximum Gasteiger partial charge on any atom is 0.387 e. The van der Waals surface area contributed by atoms with Gasteiger partial charge in [-0.25, -0.2) is 0 Å². The van der Waals surface area contributed by atoms with Crippen LogP contribution in [0.15, 0.2) is 48.5 Å². The number of halogens is 2. The average molecular weight is 418 g/mol. The van der Waals surface area contributed by atoms with Crippen LogP contribution in [0.4, 0.5) is 20.2 Å². The van der Waals surface area contributed by atoms with E-state index in [9.17, 15) is 13.6 Å². The van der Waals surface area contributed by atoms with Gasteiger partial charge in [0, 0.05) is 30.5 Å². The zero-order valence-electron chi connectivity index (χ0n) is 16.6. The van der Waals surface area contributed by atoms with Crippen LogP contribution >= 0.6 is 0 Å². The number of carbonyl (C=O) groups excluding carboxylic acids is 1. The topological polar surface area (TPSA) is 60.0 Å². The Balaban J connectivity index is 1.60. The second-order valence-corrected chi connectivity index (χ2v) is 6.49. The van der Waals surface area contributed by atoms with Crippen LogP contribution in [0.5, 0.6) is 11.5 Å². The first kappa shape index (κ1) is 21.6. The number of benzene rings is 2. The maximum atomic E-state index is 12.5. The van der Waals surface area contributed by atoms with Gasteiger partial charge in [-0.05, 0) is 55.0 Å². The van der Waals surface area contributed by atoms with Gasteiger partial charge < -0.3 is 24.4 Å². The standard InChI is InChI=1S/C22H24F2N2O4/c1-2-29-20-15-16(3-9-19(20)30-22(23)24)4-10-21(27)25-17-5-7-18(8-6-17)26-11-13-28-14-12-26/h3-10,15,22H,2,11-14H2,1H3,(H,25,27)/b10-4+. The minimum Gasteiger partial charge on any atom is -0.490 e. The molecule has 3 rings (SSSR count). The van der Waals surface area contributed by atoms with E-state index in [-0.39, 0.29) is 17.4 Å². The van der Waals surface area contributed by atoms with Crippen molar-refractivity contribution in [2.75, 3.05) is 43.1 Å². The van der Waals surface area contributed by atoms with Gasteiger partial charge in [-0.3, -0.25) is 4.79 Å². The first-order valence-electron chi connectivity index (χ1n) is 9.68. The van der Waals surface area contributed by atoms with Gasteiger partial charge in [0.05, 0.1) is 19.8 Å². The lowest BCUT2D eigenvalue weighted by molar-refractivity contribution is -0.111. The molecule has 1 fully saturated rings. The molecule has 0 radical (unpaired) electrons. The van der Waals surface area contributed by atoms with Gasteiger partial charge in [0.15, 0.2) is 11.5 Å². The summed E-state index contributed by atoms with van der Waals surface area (Å²) >= 11 is 0. The van der Waals surface area contributed by atoms with Crippen LogP contribution in [0.1, 0.15) is 12.5 Å². The summed E-state index contributed by atoms with van der Waals surface area (Å²) in [4.78, 5) is 14.4. The molecule has 0 aromatic heterocycles. The van der Waals surface area contributed by atoms with Crippen molar-refractivity contribution < 1.29 is 27.8 Å². The Morgan fingerprint density at radius 1 is 1.17 bits per heavy atom. The first-order chi connectivity index (χ1) is 14.5. The molecule has 0 unspecified atom stereocenters. The minimum atomic E-state index is -2.94. The molecule has 1 saturated heterocycles. The van der Waals surface area contributed by atoms with Crippen molar-refractivity contribution in [3.05, 3.63) is 54.1 Å². The number of rotatable bonds is 8. The van der Waals surface area contributed by atoms with Crippen molar-refractivity contribution >= 4 is 23.4 Å². The SMILES string of the molecule is CCOc1cc(/C=C/C(=O)Nc2ccc(N3CCOCC3)cc2)ccc1OC(F)F. The Morgan fingerprint density at radius 2 is 1.90 bits per heavy atom. The third-order valence-electron chi connectivity index (χ3n) is 4.42. The zero-order chi connectivity index (χ0) is 21.3. The van der Waals surface area contributed by atoms with E-state index in [2.05, 4.69) is 15.0 Å². The molecule has 1 amide bonds. The molecule has 0 spiro atoms. The van der Waals surface area contributed by atoms with E-state index in [1.165, 1.54) is 12.1 Å². The van der Waals surface area contributed by atoms with E-state index in [1.807, 2.05) is 24.3 Å². The fourth-order valence-corrected chi connectivity index (χ4v) is 3.02. The van der Waals surface area contributed by atoms with Crippen LogP contribution in [0.25, 0.3) is 6.08 Å². The number of alkyl halides is 2. The predicted octanol–water partition coefficient (Wildman–Crippen LogP) is 4.18. The van der Waals surface area contributed by atoms with E-state index < -0.39 is 6.61 Å². The summed E-state index contributed by atoms with van der Waals surface area (Å²) in [5.41, 5.74) is 2.39. The Labute approximate surface area is 174 Å². The second kappa shape index (κ2) is 10.6. The highest BCUT2D eigenvalue weighted by Gasteiger charge is 2.12. The number of hydrogen-bond donors (Lipinski definition) is 1. The number of hydrogen-bond acceptors (Lipinski definition) is 5. The number of amides is 1. The smallest absolute Gasteiger partial charge is 0.387 e. The maximum absolute atomic E-state index is 12.5. The third-order valence-corrected chi connectivity index (χ3v) is 4.42. The summed E-state index contributed by atoms with van der Waals surface area (Å²) in [5, 5.41) is 2.80. The molecule has 1 aliphatic rings. The largest absolute Gasteiger partial charge is 0.490 e. The Kier molecular flexibility index (Phi) is 7.62. The number of nitrogens with zero attached hydrogens (tertiary/aromatic N) is 1.